The Labute approximate surface area is 96.9 Å². The Morgan fingerprint density at radius 1 is 1.56 bits per heavy atom. The van der Waals surface area contributed by atoms with Crippen molar-refractivity contribution in [3.63, 3.8) is 0 Å². The number of carbonyl (C=O) groups is 1. The molecule has 0 aliphatic heterocycles. The average molecular weight is 221 g/mol. The second kappa shape index (κ2) is 7.63. The lowest BCUT2D eigenvalue weighted by molar-refractivity contribution is -0.137. The van der Waals surface area contributed by atoms with Gasteiger partial charge in [0.2, 0.25) is 0 Å². The second-order valence-electron chi connectivity index (χ2n) is 3.64. The van der Waals surface area contributed by atoms with Gasteiger partial charge in [-0.25, -0.2) is 4.79 Å². The summed E-state index contributed by atoms with van der Waals surface area (Å²) in [4.78, 5) is 14.4. The number of nitrogens with zero attached hydrogens (tertiary/aromatic N) is 1. The summed E-state index contributed by atoms with van der Waals surface area (Å²) < 4.78 is 0. The van der Waals surface area contributed by atoms with E-state index in [0.717, 1.165) is 24.0 Å². The van der Waals surface area contributed by atoms with Gasteiger partial charge in [-0.3, -0.25) is 4.99 Å². The predicted molar refractivity (Wildman–Crippen MR) is 67.9 cm³/mol. The summed E-state index contributed by atoms with van der Waals surface area (Å²) in [5.41, 5.74) is 1.96. The zero-order chi connectivity index (χ0) is 12.6. The highest BCUT2D eigenvalue weighted by Gasteiger charge is 2.05. The van der Waals surface area contributed by atoms with Gasteiger partial charge in [-0.2, -0.15) is 0 Å². The van der Waals surface area contributed by atoms with Gasteiger partial charge in [0.15, 0.2) is 0 Å². The highest BCUT2D eigenvalue weighted by molar-refractivity contribution is 5.81. The molecule has 0 saturated carbocycles. The third-order valence-corrected chi connectivity index (χ3v) is 2.08. The molecule has 16 heavy (non-hydrogen) atoms. The number of aliphatic imine (C=N–C) groups is 1. The maximum Gasteiger partial charge on any atom is 0.328 e. The fraction of sp³-hybridized carbons (Fsp3) is 0.385. The van der Waals surface area contributed by atoms with Crippen molar-refractivity contribution in [2.75, 3.05) is 0 Å². The van der Waals surface area contributed by atoms with E-state index in [1.54, 1.807) is 19.2 Å². The third-order valence-electron chi connectivity index (χ3n) is 2.08. The van der Waals surface area contributed by atoms with Crippen LogP contribution in [0.1, 0.15) is 26.7 Å². The number of rotatable bonds is 7. The Kier molecular flexibility index (Phi) is 6.84. The summed E-state index contributed by atoms with van der Waals surface area (Å²) in [6.07, 6.45) is 7.07. The molecule has 0 aromatic rings. The topological polar surface area (TPSA) is 49.7 Å². The molecule has 0 aromatic carbocycles. The summed E-state index contributed by atoms with van der Waals surface area (Å²) in [6.45, 7) is 10.9. The highest BCUT2D eigenvalue weighted by atomic mass is 16.4. The minimum Gasteiger partial charge on any atom is -0.480 e. The molecule has 0 heterocycles. The molecule has 0 bridgehead atoms. The fourth-order valence-electron chi connectivity index (χ4n) is 0.933. The van der Waals surface area contributed by atoms with E-state index in [9.17, 15) is 4.79 Å². The van der Waals surface area contributed by atoms with Crippen LogP contribution in [0.25, 0.3) is 0 Å². The van der Waals surface area contributed by atoms with Crippen molar-refractivity contribution < 1.29 is 9.90 Å². The molecule has 0 spiro atoms. The smallest absolute Gasteiger partial charge is 0.328 e. The molecule has 0 aliphatic rings. The number of aliphatic carboxylic acids is 1. The first-order valence-corrected chi connectivity index (χ1v) is 5.20. The third kappa shape index (κ3) is 6.76. The van der Waals surface area contributed by atoms with Gasteiger partial charge in [0.05, 0.1) is 0 Å². The number of hydrogen-bond donors (Lipinski definition) is 1. The van der Waals surface area contributed by atoms with Crippen LogP contribution in [0.4, 0.5) is 0 Å². The maximum atomic E-state index is 10.5. The summed E-state index contributed by atoms with van der Waals surface area (Å²) in [5.74, 6) is -0.913. The Hall–Kier alpha value is -1.64. The minimum absolute atomic E-state index is 0.688. The summed E-state index contributed by atoms with van der Waals surface area (Å²) in [7, 11) is 0. The minimum atomic E-state index is -0.913. The number of hydrogen-bond acceptors (Lipinski definition) is 2. The molecule has 0 radical (unpaired) electrons. The predicted octanol–water partition coefficient (Wildman–Crippen LogP) is 3.00. The molecule has 3 heteroatoms. The van der Waals surface area contributed by atoms with Crippen molar-refractivity contribution in [2.45, 2.75) is 32.7 Å². The first-order valence-electron chi connectivity index (χ1n) is 5.20. The lowest BCUT2D eigenvalue weighted by Crippen LogP contribution is -2.13. The zero-order valence-electron chi connectivity index (χ0n) is 9.94. The van der Waals surface area contributed by atoms with E-state index in [1.165, 1.54) is 0 Å². The van der Waals surface area contributed by atoms with Crippen molar-refractivity contribution in [1.82, 2.24) is 0 Å². The molecular formula is C13H19NO2. The van der Waals surface area contributed by atoms with Gasteiger partial charge in [-0.05, 0) is 32.3 Å². The highest BCUT2D eigenvalue weighted by Crippen LogP contribution is 2.05. The molecule has 1 N–H and O–H groups in total. The van der Waals surface area contributed by atoms with Crippen LogP contribution >= 0.6 is 0 Å². The summed E-state index contributed by atoms with van der Waals surface area (Å²) in [6, 6.07) is -0.688. The molecule has 3 nitrogen and oxygen atoms in total. The van der Waals surface area contributed by atoms with E-state index in [4.69, 9.17) is 5.11 Å². The monoisotopic (exact) mass is 221 g/mol. The van der Waals surface area contributed by atoms with Crippen molar-refractivity contribution >= 4 is 12.2 Å². The van der Waals surface area contributed by atoms with E-state index < -0.39 is 12.0 Å². The number of carboxylic acids is 1. The van der Waals surface area contributed by atoms with E-state index >= 15 is 0 Å². The molecule has 1 atom stereocenters. The average Bonchev–Trinajstić information content (AvgIpc) is 2.25. The van der Waals surface area contributed by atoms with Gasteiger partial charge in [0.25, 0.3) is 0 Å². The van der Waals surface area contributed by atoms with E-state index in [-0.39, 0.29) is 0 Å². The molecule has 0 unspecified atom stereocenters. The second-order valence-corrected chi connectivity index (χ2v) is 3.64. The standard InChI is InChI=1S/C13H19NO2/c1-5-10(2)7-6-8-11(3)9-14-12(4)13(15)16/h5,8-9,12H,1-2,6-7H2,3-4H3,(H,15,16)/t12-/m0/s1. The SMILES string of the molecule is C=CC(=C)CCC=C(C)C=N[C@@H](C)C(=O)O. The lowest BCUT2D eigenvalue weighted by Gasteiger charge is -1.99. The Balaban J connectivity index is 4.09. The van der Waals surface area contributed by atoms with Crippen LogP contribution in [0.5, 0.6) is 0 Å². The number of allylic oxidation sites excluding steroid dienone is 4. The van der Waals surface area contributed by atoms with Crippen molar-refractivity contribution in [3.05, 3.63) is 36.5 Å². The van der Waals surface area contributed by atoms with Gasteiger partial charge in [-0.1, -0.05) is 30.9 Å². The molecule has 0 aromatic heterocycles. The maximum absolute atomic E-state index is 10.5. The van der Waals surface area contributed by atoms with E-state index in [0.29, 0.717) is 0 Å². The normalized spacial score (nSPS) is 13.8. The Bertz CT molecular complexity index is 327. The van der Waals surface area contributed by atoms with Gasteiger partial charge >= 0.3 is 5.97 Å². The number of carboxylic acid groups (broad SMARTS) is 1. The van der Waals surface area contributed by atoms with Crippen molar-refractivity contribution in [2.24, 2.45) is 4.99 Å². The first-order chi connectivity index (χ1) is 7.47. The van der Waals surface area contributed by atoms with Gasteiger partial charge < -0.3 is 5.11 Å². The van der Waals surface area contributed by atoms with E-state index in [2.05, 4.69) is 18.2 Å². The van der Waals surface area contributed by atoms with Gasteiger partial charge in [-0.15, -0.1) is 0 Å². The summed E-state index contributed by atoms with van der Waals surface area (Å²) >= 11 is 0. The largest absolute Gasteiger partial charge is 0.480 e. The molecule has 88 valence electrons. The van der Waals surface area contributed by atoms with Gasteiger partial charge in [0.1, 0.15) is 6.04 Å². The Morgan fingerprint density at radius 2 is 2.19 bits per heavy atom. The van der Waals surface area contributed by atoms with Crippen molar-refractivity contribution in [1.29, 1.82) is 0 Å². The van der Waals surface area contributed by atoms with Crippen molar-refractivity contribution in [3.8, 4) is 0 Å². The fourth-order valence-corrected chi connectivity index (χ4v) is 0.933. The van der Waals surface area contributed by atoms with Crippen LogP contribution in [0.15, 0.2) is 41.4 Å². The summed E-state index contributed by atoms with van der Waals surface area (Å²) in [5, 5.41) is 8.62. The van der Waals surface area contributed by atoms with Crippen LogP contribution in [0, 0.1) is 0 Å². The lowest BCUT2D eigenvalue weighted by atomic mass is 10.1. The van der Waals surface area contributed by atoms with Gasteiger partial charge in [0, 0.05) is 6.21 Å². The Morgan fingerprint density at radius 3 is 2.69 bits per heavy atom. The molecular weight excluding hydrogens is 202 g/mol. The van der Waals surface area contributed by atoms with Crippen LogP contribution in [-0.4, -0.2) is 23.3 Å². The molecule has 0 aliphatic carbocycles. The first kappa shape index (κ1) is 14.4. The molecule has 0 amide bonds. The molecule has 0 fully saturated rings. The van der Waals surface area contributed by atoms with Crippen LogP contribution in [-0.2, 0) is 4.79 Å². The van der Waals surface area contributed by atoms with Crippen LogP contribution < -0.4 is 0 Å². The quantitative estimate of drug-likeness (QED) is 0.530. The zero-order valence-corrected chi connectivity index (χ0v) is 9.94. The van der Waals surface area contributed by atoms with Crippen LogP contribution in [0.3, 0.4) is 0 Å². The molecule has 0 saturated heterocycles. The van der Waals surface area contributed by atoms with Crippen LogP contribution in [0.2, 0.25) is 0 Å². The van der Waals surface area contributed by atoms with E-state index in [1.807, 2.05) is 13.0 Å². The molecule has 0 rings (SSSR count).